The molecule has 0 aliphatic rings. The average molecular weight is 277 g/mol. The zero-order valence-electron chi connectivity index (χ0n) is 10.0. The second-order valence-electron chi connectivity index (χ2n) is 4.07. The van der Waals surface area contributed by atoms with Gasteiger partial charge in [0.2, 0.25) is 0 Å². The van der Waals surface area contributed by atoms with Gasteiger partial charge in [0.05, 0.1) is 11.3 Å². The van der Waals surface area contributed by atoms with Crippen molar-refractivity contribution >= 4 is 17.3 Å². The molecule has 96 valence electrons. The maximum Gasteiger partial charge on any atom is 0.176 e. The van der Waals surface area contributed by atoms with Crippen molar-refractivity contribution in [3.05, 3.63) is 46.2 Å². The van der Waals surface area contributed by atoms with Crippen molar-refractivity contribution < 1.29 is 9.50 Å². The summed E-state index contributed by atoms with van der Waals surface area (Å²) in [4.78, 5) is 0. The minimum atomic E-state index is -0.851. The van der Waals surface area contributed by atoms with Crippen LogP contribution in [0.3, 0.4) is 0 Å². The van der Waals surface area contributed by atoms with Gasteiger partial charge in [-0.3, -0.25) is 0 Å². The van der Waals surface area contributed by atoms with E-state index in [1.165, 1.54) is 0 Å². The van der Waals surface area contributed by atoms with Gasteiger partial charge in [-0.2, -0.15) is 5.26 Å². The molecule has 0 aliphatic carbocycles. The molecule has 0 spiro atoms. The SMILES string of the molecule is Cc1c(C#N)c(N)c(O)c(F)c1-c1cccc(Cl)c1. The third-order valence-corrected chi connectivity index (χ3v) is 3.16. The second-order valence-corrected chi connectivity index (χ2v) is 4.51. The van der Waals surface area contributed by atoms with Gasteiger partial charge in [0.15, 0.2) is 11.6 Å². The molecule has 0 fully saturated rings. The molecule has 3 N–H and O–H groups in total. The number of hydrogen-bond acceptors (Lipinski definition) is 3. The normalized spacial score (nSPS) is 10.2. The fraction of sp³-hybridized carbons (Fsp3) is 0.0714. The van der Waals surface area contributed by atoms with Gasteiger partial charge in [0.25, 0.3) is 0 Å². The highest BCUT2D eigenvalue weighted by atomic mass is 35.5. The number of benzene rings is 2. The van der Waals surface area contributed by atoms with E-state index < -0.39 is 11.6 Å². The number of hydrogen-bond donors (Lipinski definition) is 2. The van der Waals surface area contributed by atoms with Crippen molar-refractivity contribution in [1.82, 2.24) is 0 Å². The molecule has 2 aromatic carbocycles. The molecule has 0 amide bonds. The smallest absolute Gasteiger partial charge is 0.176 e. The maximum absolute atomic E-state index is 14.2. The summed E-state index contributed by atoms with van der Waals surface area (Å²) in [6.07, 6.45) is 0. The standard InChI is InChI=1S/C14H10ClFN2O/c1-7-10(6-17)13(18)14(19)12(16)11(7)8-3-2-4-9(15)5-8/h2-5,19H,18H2,1H3. The lowest BCUT2D eigenvalue weighted by Crippen LogP contribution is -2.00. The van der Waals surface area contributed by atoms with Gasteiger partial charge in [-0.15, -0.1) is 0 Å². The Balaban J connectivity index is 2.85. The van der Waals surface area contributed by atoms with Gasteiger partial charge in [0, 0.05) is 10.6 Å². The monoisotopic (exact) mass is 276 g/mol. The number of phenols is 1. The van der Waals surface area contributed by atoms with Crippen molar-refractivity contribution in [2.24, 2.45) is 0 Å². The van der Waals surface area contributed by atoms with Crippen LogP contribution in [-0.2, 0) is 0 Å². The van der Waals surface area contributed by atoms with Crippen molar-refractivity contribution in [2.45, 2.75) is 6.92 Å². The number of aromatic hydroxyl groups is 1. The Labute approximate surface area is 114 Å². The highest BCUT2D eigenvalue weighted by Gasteiger charge is 2.21. The van der Waals surface area contributed by atoms with E-state index in [-0.39, 0.29) is 16.8 Å². The fourth-order valence-electron chi connectivity index (χ4n) is 1.98. The molecule has 0 atom stereocenters. The molecule has 19 heavy (non-hydrogen) atoms. The zero-order chi connectivity index (χ0) is 14.2. The van der Waals surface area contributed by atoms with Gasteiger partial charge < -0.3 is 10.8 Å². The van der Waals surface area contributed by atoms with Crippen LogP contribution in [0.2, 0.25) is 5.02 Å². The number of nitriles is 1. The third kappa shape index (κ3) is 2.09. The summed E-state index contributed by atoms with van der Waals surface area (Å²) in [5.41, 5.74) is 6.33. The Kier molecular flexibility index (Phi) is 3.32. The van der Waals surface area contributed by atoms with Crippen LogP contribution in [0.25, 0.3) is 11.1 Å². The Bertz CT molecular complexity index is 708. The van der Waals surface area contributed by atoms with Crippen molar-refractivity contribution in [2.75, 3.05) is 5.73 Å². The zero-order valence-corrected chi connectivity index (χ0v) is 10.8. The van der Waals surface area contributed by atoms with Gasteiger partial charge in [-0.05, 0) is 30.2 Å². The summed E-state index contributed by atoms with van der Waals surface area (Å²) in [5, 5.41) is 19.2. The van der Waals surface area contributed by atoms with Gasteiger partial charge >= 0.3 is 0 Å². The molecular formula is C14H10ClFN2O. The lowest BCUT2D eigenvalue weighted by Gasteiger charge is -2.13. The number of rotatable bonds is 1. The molecule has 0 radical (unpaired) electrons. The van der Waals surface area contributed by atoms with E-state index in [2.05, 4.69) is 0 Å². The molecule has 2 aromatic rings. The van der Waals surface area contributed by atoms with Gasteiger partial charge in [0.1, 0.15) is 6.07 Å². The van der Waals surface area contributed by atoms with Crippen LogP contribution in [0.1, 0.15) is 11.1 Å². The lowest BCUT2D eigenvalue weighted by atomic mass is 9.94. The number of phenolic OH excluding ortho intramolecular Hbond substituents is 1. The Hall–Kier alpha value is -2.25. The van der Waals surface area contributed by atoms with Crippen LogP contribution in [0.4, 0.5) is 10.1 Å². The van der Waals surface area contributed by atoms with Crippen molar-refractivity contribution in [1.29, 1.82) is 5.26 Å². The number of nitrogens with zero attached hydrogens (tertiary/aromatic N) is 1. The van der Waals surface area contributed by atoms with Crippen molar-refractivity contribution in [3.63, 3.8) is 0 Å². The van der Waals surface area contributed by atoms with E-state index in [1.807, 2.05) is 6.07 Å². The van der Waals surface area contributed by atoms with E-state index in [1.54, 1.807) is 31.2 Å². The Morgan fingerprint density at radius 3 is 2.68 bits per heavy atom. The molecule has 0 bridgehead atoms. The Morgan fingerprint density at radius 2 is 2.11 bits per heavy atom. The van der Waals surface area contributed by atoms with Crippen LogP contribution >= 0.6 is 11.6 Å². The lowest BCUT2D eigenvalue weighted by molar-refractivity contribution is 0.436. The molecule has 0 aromatic heterocycles. The summed E-state index contributed by atoms with van der Waals surface area (Å²) in [6, 6.07) is 8.39. The Morgan fingerprint density at radius 1 is 1.42 bits per heavy atom. The molecule has 2 rings (SSSR count). The molecule has 0 saturated carbocycles. The number of anilines is 1. The predicted molar refractivity (Wildman–Crippen MR) is 72.4 cm³/mol. The minimum Gasteiger partial charge on any atom is -0.503 e. The van der Waals surface area contributed by atoms with E-state index in [0.29, 0.717) is 16.1 Å². The second kappa shape index (κ2) is 4.79. The summed E-state index contributed by atoms with van der Waals surface area (Å²) < 4.78 is 14.2. The van der Waals surface area contributed by atoms with Gasteiger partial charge in [-0.1, -0.05) is 23.7 Å². The van der Waals surface area contributed by atoms with Crippen LogP contribution in [0, 0.1) is 24.1 Å². The van der Waals surface area contributed by atoms with E-state index in [9.17, 15) is 9.50 Å². The quantitative estimate of drug-likeness (QED) is 0.617. The first-order chi connectivity index (χ1) is 8.97. The van der Waals surface area contributed by atoms with Gasteiger partial charge in [-0.25, -0.2) is 4.39 Å². The number of nitrogens with two attached hydrogens (primary N) is 1. The first-order valence-corrected chi connectivity index (χ1v) is 5.81. The molecule has 0 aliphatic heterocycles. The molecule has 3 nitrogen and oxygen atoms in total. The maximum atomic E-state index is 14.2. The predicted octanol–water partition coefficient (Wildman–Crippen LogP) is 3.61. The number of nitrogen functional groups attached to an aromatic ring is 1. The fourth-order valence-corrected chi connectivity index (χ4v) is 2.17. The molecule has 5 heteroatoms. The first-order valence-electron chi connectivity index (χ1n) is 5.44. The highest BCUT2D eigenvalue weighted by molar-refractivity contribution is 6.30. The number of halogens is 2. The van der Waals surface area contributed by atoms with Crippen LogP contribution in [-0.4, -0.2) is 5.11 Å². The summed E-state index contributed by atoms with van der Waals surface area (Å²) in [5.74, 6) is -1.56. The summed E-state index contributed by atoms with van der Waals surface area (Å²) in [7, 11) is 0. The molecular weight excluding hydrogens is 267 g/mol. The van der Waals surface area contributed by atoms with E-state index in [0.717, 1.165) is 0 Å². The molecule has 0 saturated heterocycles. The topological polar surface area (TPSA) is 70.0 Å². The van der Waals surface area contributed by atoms with E-state index in [4.69, 9.17) is 22.6 Å². The van der Waals surface area contributed by atoms with Crippen LogP contribution in [0.15, 0.2) is 24.3 Å². The van der Waals surface area contributed by atoms with E-state index >= 15 is 0 Å². The van der Waals surface area contributed by atoms with Crippen LogP contribution in [0.5, 0.6) is 5.75 Å². The van der Waals surface area contributed by atoms with Crippen molar-refractivity contribution in [3.8, 4) is 22.9 Å². The minimum absolute atomic E-state index is 0.0638. The molecule has 0 unspecified atom stereocenters. The summed E-state index contributed by atoms with van der Waals surface area (Å²) >= 11 is 5.87. The highest BCUT2D eigenvalue weighted by Crippen LogP contribution is 2.39. The largest absolute Gasteiger partial charge is 0.503 e. The third-order valence-electron chi connectivity index (χ3n) is 2.93. The summed E-state index contributed by atoms with van der Waals surface area (Å²) in [6.45, 7) is 1.58. The molecule has 0 heterocycles. The average Bonchev–Trinajstić information content (AvgIpc) is 2.37. The first kappa shape index (κ1) is 13.2. The van der Waals surface area contributed by atoms with Crippen LogP contribution < -0.4 is 5.73 Å².